The minimum absolute atomic E-state index is 0.252. The summed E-state index contributed by atoms with van der Waals surface area (Å²) in [6.07, 6.45) is 5.90. The highest BCUT2D eigenvalue weighted by Crippen LogP contribution is 2.20. The quantitative estimate of drug-likeness (QED) is 0.703. The summed E-state index contributed by atoms with van der Waals surface area (Å²) in [6.45, 7) is 3.75. The van der Waals surface area contributed by atoms with Gasteiger partial charge in [0.2, 0.25) is 15.0 Å². The standard InChI is InChI=1S/C15H17N5O3S/c1-15(2,21)9-20-8-11(7-17-20)12-5-4-10-6-16-14(24(3,22)23)19-13(10)18-12/h4-8,21H,9H2,1-3H3. The van der Waals surface area contributed by atoms with Crippen molar-refractivity contribution in [3.8, 4) is 11.3 Å². The Morgan fingerprint density at radius 1 is 1.21 bits per heavy atom. The molecule has 0 unspecified atom stereocenters. The predicted octanol–water partition coefficient (Wildman–Crippen LogP) is 1.06. The molecule has 0 aliphatic rings. The van der Waals surface area contributed by atoms with Crippen LogP contribution in [0.1, 0.15) is 13.8 Å². The summed E-state index contributed by atoms with van der Waals surface area (Å²) in [6, 6.07) is 3.56. The molecule has 0 aliphatic carbocycles. The van der Waals surface area contributed by atoms with Crippen molar-refractivity contribution in [2.75, 3.05) is 6.26 Å². The Kier molecular flexibility index (Phi) is 3.84. The highest BCUT2D eigenvalue weighted by atomic mass is 32.2. The van der Waals surface area contributed by atoms with Gasteiger partial charge < -0.3 is 5.11 Å². The van der Waals surface area contributed by atoms with Crippen LogP contribution in [0.25, 0.3) is 22.3 Å². The second-order valence-electron chi connectivity index (χ2n) is 6.27. The zero-order valence-corrected chi connectivity index (χ0v) is 14.3. The third-order valence-electron chi connectivity index (χ3n) is 3.23. The Bertz CT molecular complexity index is 1010. The van der Waals surface area contributed by atoms with Gasteiger partial charge in [-0.05, 0) is 26.0 Å². The van der Waals surface area contributed by atoms with Gasteiger partial charge in [0, 0.05) is 29.6 Å². The van der Waals surface area contributed by atoms with E-state index in [-0.39, 0.29) is 5.16 Å². The molecule has 0 aliphatic heterocycles. The first-order valence-corrected chi connectivity index (χ1v) is 9.10. The van der Waals surface area contributed by atoms with Crippen molar-refractivity contribution < 1.29 is 13.5 Å². The highest BCUT2D eigenvalue weighted by molar-refractivity contribution is 7.90. The minimum Gasteiger partial charge on any atom is -0.389 e. The molecular weight excluding hydrogens is 330 g/mol. The molecule has 0 saturated carbocycles. The Hall–Kier alpha value is -2.39. The average Bonchev–Trinajstić information content (AvgIpc) is 2.91. The summed E-state index contributed by atoms with van der Waals surface area (Å²) in [5.74, 6) is 0. The lowest BCUT2D eigenvalue weighted by Crippen LogP contribution is -2.26. The summed E-state index contributed by atoms with van der Waals surface area (Å²) in [5, 5.41) is 14.4. The van der Waals surface area contributed by atoms with E-state index in [1.807, 2.05) is 0 Å². The van der Waals surface area contributed by atoms with E-state index in [2.05, 4.69) is 20.1 Å². The van der Waals surface area contributed by atoms with E-state index in [9.17, 15) is 13.5 Å². The van der Waals surface area contributed by atoms with Gasteiger partial charge in [-0.2, -0.15) is 10.1 Å². The van der Waals surface area contributed by atoms with Crippen molar-refractivity contribution in [1.82, 2.24) is 24.7 Å². The molecule has 0 bridgehead atoms. The highest BCUT2D eigenvalue weighted by Gasteiger charge is 2.16. The summed E-state index contributed by atoms with van der Waals surface area (Å²) in [7, 11) is -3.49. The van der Waals surface area contributed by atoms with Gasteiger partial charge in [-0.1, -0.05) is 0 Å². The van der Waals surface area contributed by atoms with Crippen molar-refractivity contribution >= 4 is 20.9 Å². The normalized spacial score (nSPS) is 12.7. The largest absolute Gasteiger partial charge is 0.389 e. The Labute approximate surface area is 139 Å². The van der Waals surface area contributed by atoms with E-state index in [0.717, 1.165) is 11.8 Å². The number of nitrogens with zero attached hydrogens (tertiary/aromatic N) is 5. The van der Waals surface area contributed by atoms with Crippen LogP contribution in [-0.4, -0.2) is 50.1 Å². The molecule has 0 spiro atoms. The number of pyridine rings is 1. The van der Waals surface area contributed by atoms with E-state index in [1.165, 1.54) is 6.20 Å². The fourth-order valence-electron chi connectivity index (χ4n) is 2.21. The smallest absolute Gasteiger partial charge is 0.248 e. The fourth-order valence-corrected chi connectivity index (χ4v) is 2.71. The molecule has 1 N–H and O–H groups in total. The van der Waals surface area contributed by atoms with Crippen LogP contribution in [0.3, 0.4) is 0 Å². The Morgan fingerprint density at radius 3 is 2.62 bits per heavy atom. The topological polar surface area (TPSA) is 111 Å². The summed E-state index contributed by atoms with van der Waals surface area (Å²) >= 11 is 0. The van der Waals surface area contributed by atoms with Gasteiger partial charge in [0.1, 0.15) is 0 Å². The van der Waals surface area contributed by atoms with Gasteiger partial charge in [0.25, 0.3) is 0 Å². The molecule has 3 aromatic rings. The van der Waals surface area contributed by atoms with Crippen molar-refractivity contribution in [2.24, 2.45) is 0 Å². The number of hydrogen-bond acceptors (Lipinski definition) is 7. The number of aromatic nitrogens is 5. The maximum Gasteiger partial charge on any atom is 0.248 e. The molecule has 3 heterocycles. The maximum absolute atomic E-state index is 11.6. The molecule has 0 saturated heterocycles. The van der Waals surface area contributed by atoms with Crippen LogP contribution >= 0.6 is 0 Å². The molecule has 0 atom stereocenters. The van der Waals surface area contributed by atoms with Crippen LogP contribution in [0.4, 0.5) is 0 Å². The minimum atomic E-state index is -3.49. The average molecular weight is 347 g/mol. The predicted molar refractivity (Wildman–Crippen MR) is 88.0 cm³/mol. The van der Waals surface area contributed by atoms with Gasteiger partial charge in [0.05, 0.1) is 24.0 Å². The fraction of sp³-hybridized carbons (Fsp3) is 0.333. The van der Waals surface area contributed by atoms with Crippen LogP contribution in [0.2, 0.25) is 0 Å². The van der Waals surface area contributed by atoms with Crippen LogP contribution < -0.4 is 0 Å². The molecule has 0 radical (unpaired) electrons. The first kappa shape index (κ1) is 16.5. The zero-order chi connectivity index (χ0) is 17.5. The SMILES string of the molecule is CC(C)(O)Cn1cc(-c2ccc3cnc(S(C)(=O)=O)nc3n2)cn1. The van der Waals surface area contributed by atoms with E-state index < -0.39 is 15.4 Å². The first-order valence-electron chi connectivity index (χ1n) is 7.21. The van der Waals surface area contributed by atoms with Gasteiger partial charge in [-0.15, -0.1) is 0 Å². The lowest BCUT2D eigenvalue weighted by atomic mass is 10.1. The summed E-state index contributed by atoms with van der Waals surface area (Å²) < 4.78 is 24.8. The second-order valence-corrected chi connectivity index (χ2v) is 8.18. The molecule has 0 fully saturated rings. The molecule has 3 rings (SSSR count). The monoisotopic (exact) mass is 347 g/mol. The van der Waals surface area contributed by atoms with Gasteiger partial charge in [0.15, 0.2) is 5.65 Å². The third-order valence-corrected chi connectivity index (χ3v) is 4.09. The van der Waals surface area contributed by atoms with Gasteiger partial charge >= 0.3 is 0 Å². The summed E-state index contributed by atoms with van der Waals surface area (Å²) in [4.78, 5) is 12.3. The van der Waals surface area contributed by atoms with E-state index in [0.29, 0.717) is 23.3 Å². The van der Waals surface area contributed by atoms with Crippen molar-refractivity contribution in [1.29, 1.82) is 0 Å². The molecular formula is C15H17N5O3S. The van der Waals surface area contributed by atoms with E-state index in [4.69, 9.17) is 0 Å². The molecule has 126 valence electrons. The van der Waals surface area contributed by atoms with Gasteiger partial charge in [-0.25, -0.2) is 18.4 Å². The molecule has 24 heavy (non-hydrogen) atoms. The Balaban J connectivity index is 2.01. The third kappa shape index (κ3) is 3.57. The van der Waals surface area contributed by atoms with Crippen molar-refractivity contribution in [2.45, 2.75) is 31.1 Å². The lowest BCUT2D eigenvalue weighted by Gasteiger charge is -2.16. The van der Waals surface area contributed by atoms with Crippen LogP contribution in [-0.2, 0) is 16.4 Å². The maximum atomic E-state index is 11.6. The first-order chi connectivity index (χ1) is 11.1. The van der Waals surface area contributed by atoms with E-state index >= 15 is 0 Å². The number of fused-ring (bicyclic) bond motifs is 1. The zero-order valence-electron chi connectivity index (χ0n) is 13.5. The molecule has 9 heteroatoms. The van der Waals surface area contributed by atoms with Crippen LogP contribution in [0.15, 0.2) is 35.9 Å². The van der Waals surface area contributed by atoms with Gasteiger partial charge in [-0.3, -0.25) is 4.68 Å². The summed E-state index contributed by atoms with van der Waals surface area (Å²) in [5.41, 5.74) is 0.791. The van der Waals surface area contributed by atoms with Crippen LogP contribution in [0.5, 0.6) is 0 Å². The second kappa shape index (κ2) is 5.60. The van der Waals surface area contributed by atoms with Crippen molar-refractivity contribution in [3.63, 3.8) is 0 Å². The molecule has 0 amide bonds. The number of rotatable bonds is 4. The van der Waals surface area contributed by atoms with Crippen molar-refractivity contribution in [3.05, 3.63) is 30.7 Å². The van der Waals surface area contributed by atoms with Crippen LogP contribution in [0, 0.1) is 0 Å². The molecule has 0 aromatic carbocycles. The number of aliphatic hydroxyl groups is 1. The molecule has 3 aromatic heterocycles. The lowest BCUT2D eigenvalue weighted by molar-refractivity contribution is 0.0577. The number of sulfone groups is 1. The molecule has 8 nitrogen and oxygen atoms in total. The number of hydrogen-bond donors (Lipinski definition) is 1. The Morgan fingerprint density at radius 2 is 1.96 bits per heavy atom. The van der Waals surface area contributed by atoms with E-state index in [1.54, 1.807) is 43.1 Å².